The zero-order valence-corrected chi connectivity index (χ0v) is 10.4. The van der Waals surface area contributed by atoms with Gasteiger partial charge in [-0.2, -0.15) is 0 Å². The van der Waals surface area contributed by atoms with Crippen LogP contribution in [0.3, 0.4) is 0 Å². The highest BCUT2D eigenvalue weighted by molar-refractivity contribution is 9.09. The quantitative estimate of drug-likeness (QED) is 0.561. The van der Waals surface area contributed by atoms with Gasteiger partial charge >= 0.3 is 0 Å². The lowest BCUT2D eigenvalue weighted by Gasteiger charge is -2.09. The molecule has 0 aromatic heterocycles. The molecule has 5 heteroatoms. The second-order valence-corrected chi connectivity index (χ2v) is 4.28. The molecular formula is C10H18BrNO3. The molecule has 1 aliphatic heterocycles. The number of carbonyl (C=O) groups is 1. The van der Waals surface area contributed by atoms with Gasteiger partial charge in [-0.25, -0.2) is 0 Å². The fourth-order valence-corrected chi connectivity index (χ4v) is 1.73. The molecule has 0 bridgehead atoms. The third-order valence-electron chi connectivity index (χ3n) is 2.23. The van der Waals surface area contributed by atoms with Crippen molar-refractivity contribution in [3.63, 3.8) is 0 Å². The fraction of sp³-hybridized carbons (Fsp3) is 0.900. The van der Waals surface area contributed by atoms with Crippen molar-refractivity contribution in [1.29, 1.82) is 0 Å². The lowest BCUT2D eigenvalue weighted by atomic mass is 10.2. The molecule has 1 unspecified atom stereocenters. The molecule has 88 valence electrons. The van der Waals surface area contributed by atoms with Gasteiger partial charge in [0.15, 0.2) is 0 Å². The molecule has 0 spiro atoms. The maximum atomic E-state index is 11.4. The van der Waals surface area contributed by atoms with E-state index >= 15 is 0 Å². The molecule has 0 aliphatic carbocycles. The van der Waals surface area contributed by atoms with Crippen LogP contribution in [0.25, 0.3) is 0 Å². The highest BCUT2D eigenvalue weighted by Crippen LogP contribution is 2.14. The Hall–Kier alpha value is -0.130. The van der Waals surface area contributed by atoms with Gasteiger partial charge in [-0.1, -0.05) is 15.9 Å². The Kier molecular flexibility index (Phi) is 6.96. The van der Waals surface area contributed by atoms with Crippen LogP contribution >= 0.6 is 15.9 Å². The first-order valence-electron chi connectivity index (χ1n) is 5.35. The Morgan fingerprint density at radius 1 is 1.53 bits per heavy atom. The molecule has 1 aliphatic rings. The highest BCUT2D eigenvalue weighted by atomic mass is 79.9. The molecule has 0 aromatic rings. The largest absolute Gasteiger partial charge is 0.379 e. The molecule has 1 heterocycles. The number of carbonyl (C=O) groups excluding carboxylic acids is 1. The molecule has 0 saturated carbocycles. The number of halogens is 1. The summed E-state index contributed by atoms with van der Waals surface area (Å²) < 4.78 is 10.6. The van der Waals surface area contributed by atoms with Crippen molar-refractivity contribution >= 4 is 21.8 Å². The highest BCUT2D eigenvalue weighted by Gasteiger charge is 2.18. The van der Waals surface area contributed by atoms with Gasteiger partial charge in [0, 0.05) is 18.5 Å². The maximum absolute atomic E-state index is 11.4. The van der Waals surface area contributed by atoms with Crippen molar-refractivity contribution in [1.82, 2.24) is 5.32 Å². The van der Waals surface area contributed by atoms with Crippen LogP contribution in [0.2, 0.25) is 0 Å². The molecular weight excluding hydrogens is 262 g/mol. The summed E-state index contributed by atoms with van der Waals surface area (Å²) in [5.74, 6) is 0.0596. The molecule has 1 rings (SSSR count). The Morgan fingerprint density at radius 2 is 2.40 bits per heavy atom. The van der Waals surface area contributed by atoms with Crippen LogP contribution < -0.4 is 5.32 Å². The summed E-state index contributed by atoms with van der Waals surface area (Å²) >= 11 is 3.26. The zero-order chi connectivity index (χ0) is 10.9. The molecule has 0 radical (unpaired) electrons. The van der Waals surface area contributed by atoms with E-state index in [-0.39, 0.29) is 12.0 Å². The number of hydrogen-bond acceptors (Lipinski definition) is 3. The molecule has 1 N–H and O–H groups in total. The van der Waals surface area contributed by atoms with Gasteiger partial charge in [0.05, 0.1) is 25.7 Å². The van der Waals surface area contributed by atoms with Gasteiger partial charge in [0.25, 0.3) is 0 Å². The van der Waals surface area contributed by atoms with Gasteiger partial charge in [0.2, 0.25) is 5.91 Å². The fourth-order valence-electron chi connectivity index (χ4n) is 1.50. The zero-order valence-electron chi connectivity index (χ0n) is 8.84. The minimum Gasteiger partial charge on any atom is -0.379 e. The summed E-state index contributed by atoms with van der Waals surface area (Å²) in [4.78, 5) is 11.4. The Labute approximate surface area is 98.8 Å². The first-order valence-corrected chi connectivity index (χ1v) is 6.47. The van der Waals surface area contributed by atoms with Crippen molar-refractivity contribution in [3.05, 3.63) is 0 Å². The van der Waals surface area contributed by atoms with Crippen LogP contribution in [-0.4, -0.2) is 43.7 Å². The number of nitrogens with one attached hydrogen (secondary N) is 1. The van der Waals surface area contributed by atoms with Crippen LogP contribution in [0, 0.1) is 0 Å². The topological polar surface area (TPSA) is 47.6 Å². The van der Waals surface area contributed by atoms with Crippen molar-refractivity contribution in [2.45, 2.75) is 25.4 Å². The van der Waals surface area contributed by atoms with Crippen LogP contribution in [-0.2, 0) is 14.3 Å². The van der Waals surface area contributed by atoms with Gasteiger partial charge in [-0.05, 0) is 12.8 Å². The van der Waals surface area contributed by atoms with Gasteiger partial charge in [-0.15, -0.1) is 0 Å². The maximum Gasteiger partial charge on any atom is 0.222 e. The minimum absolute atomic E-state index is 0.0596. The van der Waals surface area contributed by atoms with E-state index in [9.17, 15) is 4.79 Å². The van der Waals surface area contributed by atoms with Crippen molar-refractivity contribution in [2.24, 2.45) is 0 Å². The van der Waals surface area contributed by atoms with Crippen molar-refractivity contribution in [3.8, 4) is 0 Å². The van der Waals surface area contributed by atoms with Gasteiger partial charge in [0.1, 0.15) is 0 Å². The molecule has 1 atom stereocenters. The summed E-state index contributed by atoms with van der Waals surface area (Å²) in [5, 5.41) is 3.64. The van der Waals surface area contributed by atoms with E-state index in [1.807, 2.05) is 0 Å². The second kappa shape index (κ2) is 8.07. The lowest BCUT2D eigenvalue weighted by molar-refractivity contribution is -0.123. The van der Waals surface area contributed by atoms with Crippen LogP contribution in [0.15, 0.2) is 0 Å². The molecule has 1 saturated heterocycles. The Balaban J connectivity index is 1.93. The van der Waals surface area contributed by atoms with E-state index in [1.54, 1.807) is 0 Å². The van der Waals surface area contributed by atoms with E-state index in [2.05, 4.69) is 21.2 Å². The molecule has 15 heavy (non-hydrogen) atoms. The van der Waals surface area contributed by atoms with Crippen LogP contribution in [0.5, 0.6) is 0 Å². The first kappa shape index (κ1) is 12.9. The SMILES string of the molecule is O=C(CC1CCCO1)NCCOCCBr. The number of rotatable bonds is 7. The lowest BCUT2D eigenvalue weighted by Crippen LogP contribution is -2.30. The summed E-state index contributed by atoms with van der Waals surface area (Å²) in [5.41, 5.74) is 0. The molecule has 1 amide bonds. The Morgan fingerprint density at radius 3 is 3.07 bits per heavy atom. The van der Waals surface area contributed by atoms with E-state index in [0.29, 0.717) is 26.2 Å². The van der Waals surface area contributed by atoms with Gasteiger partial charge < -0.3 is 14.8 Å². The van der Waals surface area contributed by atoms with Gasteiger partial charge in [-0.3, -0.25) is 4.79 Å². The van der Waals surface area contributed by atoms with E-state index in [0.717, 1.165) is 24.8 Å². The second-order valence-electron chi connectivity index (χ2n) is 3.49. The standard InChI is InChI=1S/C10H18BrNO3/c11-3-6-14-7-4-12-10(13)8-9-2-1-5-15-9/h9H,1-8H2,(H,12,13). The summed E-state index contributed by atoms with van der Waals surface area (Å²) in [6.07, 6.45) is 2.70. The number of amides is 1. The van der Waals surface area contributed by atoms with E-state index < -0.39 is 0 Å². The first-order chi connectivity index (χ1) is 7.33. The summed E-state index contributed by atoms with van der Waals surface area (Å²) in [7, 11) is 0. The normalized spacial score (nSPS) is 20.5. The average molecular weight is 280 g/mol. The Bertz CT molecular complexity index is 184. The predicted octanol–water partition coefficient (Wildman–Crippen LogP) is 1.08. The third-order valence-corrected chi connectivity index (χ3v) is 2.55. The van der Waals surface area contributed by atoms with Crippen molar-refractivity contribution in [2.75, 3.05) is 31.7 Å². The number of hydrogen-bond donors (Lipinski definition) is 1. The van der Waals surface area contributed by atoms with E-state index in [1.165, 1.54) is 0 Å². The van der Waals surface area contributed by atoms with Crippen molar-refractivity contribution < 1.29 is 14.3 Å². The molecule has 4 nitrogen and oxygen atoms in total. The molecule has 0 aromatic carbocycles. The average Bonchev–Trinajstić information content (AvgIpc) is 2.70. The number of ether oxygens (including phenoxy) is 2. The van der Waals surface area contributed by atoms with Crippen LogP contribution in [0.4, 0.5) is 0 Å². The predicted molar refractivity (Wildman–Crippen MR) is 61.2 cm³/mol. The van der Waals surface area contributed by atoms with Crippen LogP contribution in [0.1, 0.15) is 19.3 Å². The molecule has 1 fully saturated rings. The van der Waals surface area contributed by atoms with E-state index in [4.69, 9.17) is 9.47 Å². The number of alkyl halides is 1. The summed E-state index contributed by atoms with van der Waals surface area (Å²) in [6, 6.07) is 0. The smallest absolute Gasteiger partial charge is 0.222 e. The minimum atomic E-state index is 0.0596. The third kappa shape index (κ3) is 6.12. The summed E-state index contributed by atoms with van der Waals surface area (Å²) in [6.45, 7) is 2.63. The monoisotopic (exact) mass is 279 g/mol.